The van der Waals surface area contributed by atoms with Crippen LogP contribution in [-0.2, 0) is 9.59 Å². The fourth-order valence-electron chi connectivity index (χ4n) is 3.41. The summed E-state index contributed by atoms with van der Waals surface area (Å²) in [6.07, 6.45) is 0.786. The van der Waals surface area contributed by atoms with Crippen molar-refractivity contribution in [2.24, 2.45) is 0 Å². The normalized spacial score (nSPS) is 14.3. The molecule has 1 heterocycles. The van der Waals surface area contributed by atoms with Gasteiger partial charge in [0.05, 0.1) is 12.8 Å². The molecule has 2 N–H and O–H groups in total. The molecule has 30 heavy (non-hydrogen) atoms. The second-order valence-electron chi connectivity index (χ2n) is 7.07. The zero-order valence-corrected chi connectivity index (χ0v) is 17.8. The largest absolute Gasteiger partial charge is 0.495 e. The van der Waals surface area contributed by atoms with Gasteiger partial charge >= 0.3 is 11.8 Å². The van der Waals surface area contributed by atoms with E-state index < -0.39 is 11.8 Å². The second-order valence-corrected chi connectivity index (χ2v) is 7.51. The number of hydrogen-bond acceptors (Lipinski definition) is 5. The predicted octanol–water partition coefficient (Wildman–Crippen LogP) is 2.62. The highest BCUT2D eigenvalue weighted by molar-refractivity contribution is 6.39. The zero-order valence-electron chi connectivity index (χ0n) is 17.1. The number of carbonyl (C=O) groups excluding carboxylic acids is 2. The molecule has 7 nitrogen and oxygen atoms in total. The number of nitrogens with zero attached hydrogens (tertiary/aromatic N) is 2. The van der Waals surface area contributed by atoms with Crippen molar-refractivity contribution in [3.63, 3.8) is 0 Å². The quantitative estimate of drug-likeness (QED) is 0.521. The Morgan fingerprint density at radius 1 is 1.00 bits per heavy atom. The summed E-state index contributed by atoms with van der Waals surface area (Å²) in [6.45, 7) is 5.08. The summed E-state index contributed by atoms with van der Waals surface area (Å²) in [5.74, 6) is -0.417. The highest BCUT2D eigenvalue weighted by Crippen LogP contribution is 2.28. The lowest BCUT2D eigenvalue weighted by Crippen LogP contribution is -2.47. The first-order valence-corrected chi connectivity index (χ1v) is 10.4. The maximum absolute atomic E-state index is 11.9. The number of ether oxygens (including phenoxy) is 1. The van der Waals surface area contributed by atoms with Gasteiger partial charge in [0.2, 0.25) is 0 Å². The maximum Gasteiger partial charge on any atom is 0.313 e. The molecule has 160 valence electrons. The minimum Gasteiger partial charge on any atom is -0.495 e. The number of carbonyl (C=O) groups is 2. The first-order chi connectivity index (χ1) is 14.6. The Balaban J connectivity index is 1.34. The van der Waals surface area contributed by atoms with Crippen LogP contribution in [0.2, 0.25) is 5.02 Å². The molecular weight excluding hydrogens is 404 g/mol. The van der Waals surface area contributed by atoms with Crippen LogP contribution in [0.1, 0.15) is 6.42 Å². The van der Waals surface area contributed by atoms with Gasteiger partial charge in [-0.1, -0.05) is 23.7 Å². The van der Waals surface area contributed by atoms with Gasteiger partial charge in [-0.15, -0.1) is 0 Å². The second kappa shape index (κ2) is 10.8. The van der Waals surface area contributed by atoms with Gasteiger partial charge in [-0.2, -0.15) is 0 Å². The van der Waals surface area contributed by atoms with Crippen molar-refractivity contribution in [2.45, 2.75) is 6.42 Å². The molecule has 1 saturated heterocycles. The van der Waals surface area contributed by atoms with Crippen molar-refractivity contribution >= 4 is 34.8 Å². The fraction of sp³-hybridized carbons (Fsp3) is 0.364. The van der Waals surface area contributed by atoms with Gasteiger partial charge in [0.15, 0.2) is 0 Å². The lowest BCUT2D eigenvalue weighted by atomic mass is 10.2. The van der Waals surface area contributed by atoms with Gasteiger partial charge in [0, 0.05) is 43.4 Å². The lowest BCUT2D eigenvalue weighted by molar-refractivity contribution is -0.136. The molecule has 2 amide bonds. The van der Waals surface area contributed by atoms with Crippen LogP contribution in [0.25, 0.3) is 0 Å². The molecule has 0 bridgehead atoms. The van der Waals surface area contributed by atoms with E-state index in [4.69, 9.17) is 16.3 Å². The van der Waals surface area contributed by atoms with Crippen LogP contribution in [0.3, 0.4) is 0 Å². The van der Waals surface area contributed by atoms with E-state index in [0.29, 0.717) is 17.3 Å². The molecule has 1 aliphatic rings. The number of benzene rings is 2. The van der Waals surface area contributed by atoms with Crippen LogP contribution in [0.15, 0.2) is 48.5 Å². The fourth-order valence-corrected chi connectivity index (χ4v) is 3.54. The lowest BCUT2D eigenvalue weighted by Gasteiger charge is -2.36. The smallest absolute Gasteiger partial charge is 0.313 e. The SMILES string of the molecule is COc1ccccc1N1CCN(CCCNC(=O)C(=O)Nc2ccc(Cl)cc2)CC1. The van der Waals surface area contributed by atoms with Crippen molar-refractivity contribution in [3.05, 3.63) is 53.6 Å². The summed E-state index contributed by atoms with van der Waals surface area (Å²) in [5, 5.41) is 5.80. The summed E-state index contributed by atoms with van der Waals surface area (Å²) in [4.78, 5) is 28.6. The van der Waals surface area contributed by atoms with Crippen molar-refractivity contribution < 1.29 is 14.3 Å². The minimum atomic E-state index is -0.678. The van der Waals surface area contributed by atoms with Crippen LogP contribution in [0, 0.1) is 0 Å². The van der Waals surface area contributed by atoms with Crippen molar-refractivity contribution in [2.75, 3.05) is 56.6 Å². The molecule has 1 fully saturated rings. The number of halogens is 1. The topological polar surface area (TPSA) is 73.9 Å². The van der Waals surface area contributed by atoms with Gasteiger partial charge < -0.3 is 20.3 Å². The van der Waals surface area contributed by atoms with E-state index in [-0.39, 0.29) is 0 Å². The summed E-state index contributed by atoms with van der Waals surface area (Å²) in [7, 11) is 1.69. The highest BCUT2D eigenvalue weighted by atomic mass is 35.5. The first kappa shape index (κ1) is 21.9. The van der Waals surface area contributed by atoms with Gasteiger partial charge in [0.25, 0.3) is 0 Å². The Labute approximate surface area is 181 Å². The molecule has 0 aromatic heterocycles. The Bertz CT molecular complexity index is 852. The maximum atomic E-state index is 11.9. The van der Waals surface area contributed by atoms with Gasteiger partial charge in [-0.05, 0) is 49.4 Å². The van der Waals surface area contributed by atoms with Crippen LogP contribution in [-0.4, -0.2) is 63.1 Å². The summed E-state index contributed by atoms with van der Waals surface area (Å²) >= 11 is 5.81. The predicted molar refractivity (Wildman–Crippen MR) is 119 cm³/mol. The molecule has 2 aromatic rings. The standard InChI is InChI=1S/C22H27ClN4O3/c1-30-20-6-3-2-5-19(20)27-15-13-26(14-16-27)12-4-11-24-21(28)22(29)25-18-9-7-17(23)8-10-18/h2-3,5-10H,4,11-16H2,1H3,(H,24,28)(H,25,29). The average molecular weight is 431 g/mol. The Hall–Kier alpha value is -2.77. The van der Waals surface area contributed by atoms with E-state index in [1.807, 2.05) is 18.2 Å². The number of rotatable bonds is 7. The molecule has 0 atom stereocenters. The van der Waals surface area contributed by atoms with Crippen molar-refractivity contribution in [1.82, 2.24) is 10.2 Å². The molecular formula is C22H27ClN4O3. The molecule has 0 radical (unpaired) electrons. The molecule has 3 rings (SSSR count). The number of nitrogens with one attached hydrogen (secondary N) is 2. The molecule has 2 aromatic carbocycles. The number of piperazine rings is 1. The monoisotopic (exact) mass is 430 g/mol. The van der Waals surface area contributed by atoms with Gasteiger partial charge in [0.1, 0.15) is 5.75 Å². The van der Waals surface area contributed by atoms with E-state index in [1.54, 1.807) is 31.4 Å². The van der Waals surface area contributed by atoms with Crippen LogP contribution < -0.4 is 20.3 Å². The molecule has 0 unspecified atom stereocenters. The number of amides is 2. The molecule has 1 aliphatic heterocycles. The first-order valence-electron chi connectivity index (χ1n) is 10.0. The zero-order chi connectivity index (χ0) is 21.3. The van der Waals surface area contributed by atoms with E-state index in [2.05, 4.69) is 26.5 Å². The third kappa shape index (κ3) is 6.11. The van der Waals surface area contributed by atoms with E-state index in [1.165, 1.54) is 0 Å². The Morgan fingerprint density at radius 2 is 1.70 bits per heavy atom. The number of para-hydroxylation sites is 2. The number of methoxy groups -OCH3 is 1. The van der Waals surface area contributed by atoms with Crippen LogP contribution >= 0.6 is 11.6 Å². The third-order valence-electron chi connectivity index (χ3n) is 5.04. The average Bonchev–Trinajstić information content (AvgIpc) is 2.78. The molecule has 0 aliphatic carbocycles. The highest BCUT2D eigenvalue weighted by Gasteiger charge is 2.19. The Morgan fingerprint density at radius 3 is 2.40 bits per heavy atom. The van der Waals surface area contributed by atoms with Gasteiger partial charge in [-0.25, -0.2) is 0 Å². The van der Waals surface area contributed by atoms with E-state index in [9.17, 15) is 9.59 Å². The van der Waals surface area contributed by atoms with Crippen LogP contribution in [0.4, 0.5) is 11.4 Å². The molecule has 0 saturated carbocycles. The van der Waals surface area contributed by atoms with Gasteiger partial charge in [-0.3, -0.25) is 14.5 Å². The molecule has 8 heteroatoms. The molecule has 0 spiro atoms. The summed E-state index contributed by atoms with van der Waals surface area (Å²) in [6, 6.07) is 14.7. The minimum absolute atomic E-state index is 0.458. The van der Waals surface area contributed by atoms with E-state index >= 15 is 0 Å². The van der Waals surface area contributed by atoms with E-state index in [0.717, 1.165) is 50.6 Å². The van der Waals surface area contributed by atoms with Crippen molar-refractivity contribution in [3.8, 4) is 5.75 Å². The number of anilines is 2. The number of hydrogen-bond donors (Lipinski definition) is 2. The Kier molecular flexibility index (Phi) is 7.93. The van der Waals surface area contributed by atoms with Crippen LogP contribution in [0.5, 0.6) is 5.75 Å². The third-order valence-corrected chi connectivity index (χ3v) is 5.30. The summed E-state index contributed by atoms with van der Waals surface area (Å²) < 4.78 is 5.46. The van der Waals surface area contributed by atoms with Crippen molar-refractivity contribution in [1.29, 1.82) is 0 Å². The summed E-state index contributed by atoms with van der Waals surface area (Å²) in [5.41, 5.74) is 1.66.